The standard InChI is InChI=1S/C41H66O13/c1-21(2)36(51-34(47)20-31(45)35-27(8)39(48)52-40(35)49)38(50-10)32(46)19-30(44)26(7)29(43)13-11-24(5)37-25(6)16-18-41(54-37)17-15-23(4)33(53-41)14-12-22(3)28(9)42/h21-26,29,31-33,36-38,43,45-46H,11-20H2,1-10H3/t22-,23+,24+,25-,26-,29-,31-,32+,33-,36+,37-,38-,41+/m0/s1. The quantitative estimate of drug-likeness (QED) is 0.113. The van der Waals surface area contributed by atoms with Gasteiger partial charge in [0.2, 0.25) is 0 Å². The summed E-state index contributed by atoms with van der Waals surface area (Å²) < 4.78 is 29.1. The molecule has 3 aliphatic rings. The molecule has 0 aliphatic carbocycles. The van der Waals surface area contributed by atoms with Gasteiger partial charge in [-0.2, -0.15) is 0 Å². The number of ether oxygens (including phenoxy) is 5. The van der Waals surface area contributed by atoms with Crippen molar-refractivity contribution < 1.29 is 63.0 Å². The van der Waals surface area contributed by atoms with E-state index in [0.717, 1.165) is 38.5 Å². The number of hydrogen-bond donors (Lipinski definition) is 3. The summed E-state index contributed by atoms with van der Waals surface area (Å²) in [6.07, 6.45) is -1.03. The summed E-state index contributed by atoms with van der Waals surface area (Å²) in [6.45, 7) is 16.5. The molecule has 0 aromatic carbocycles. The minimum Gasteiger partial charge on any atom is -0.459 e. The smallest absolute Gasteiger partial charge is 0.345 e. The lowest BCUT2D eigenvalue weighted by molar-refractivity contribution is -0.338. The van der Waals surface area contributed by atoms with Crippen LogP contribution in [0.3, 0.4) is 0 Å². The van der Waals surface area contributed by atoms with Gasteiger partial charge in [0.05, 0.1) is 42.5 Å². The van der Waals surface area contributed by atoms with Crippen LogP contribution in [0.5, 0.6) is 0 Å². The van der Waals surface area contributed by atoms with E-state index in [1.807, 2.05) is 6.92 Å². The molecule has 0 bridgehead atoms. The van der Waals surface area contributed by atoms with Crippen LogP contribution in [0, 0.1) is 35.5 Å². The Bertz CT molecular complexity index is 1350. The van der Waals surface area contributed by atoms with E-state index in [1.165, 1.54) is 14.0 Å². The highest BCUT2D eigenvalue weighted by Crippen LogP contribution is 2.45. The van der Waals surface area contributed by atoms with Crippen LogP contribution in [-0.2, 0) is 47.7 Å². The first-order chi connectivity index (χ1) is 25.2. The number of cyclic esters (lactones) is 2. The summed E-state index contributed by atoms with van der Waals surface area (Å²) >= 11 is 0. The molecule has 3 aliphatic heterocycles. The predicted octanol–water partition coefficient (Wildman–Crippen LogP) is 4.79. The summed E-state index contributed by atoms with van der Waals surface area (Å²) in [7, 11) is 1.32. The monoisotopic (exact) mass is 766 g/mol. The average molecular weight is 767 g/mol. The Kier molecular flexibility index (Phi) is 17.0. The third-order valence-corrected chi connectivity index (χ3v) is 12.1. The van der Waals surface area contributed by atoms with E-state index in [-0.39, 0.29) is 65.0 Å². The fraction of sp³-hybridized carbons (Fsp3) is 0.829. The van der Waals surface area contributed by atoms with Crippen LogP contribution in [0.15, 0.2) is 11.1 Å². The molecule has 54 heavy (non-hydrogen) atoms. The largest absolute Gasteiger partial charge is 0.459 e. The van der Waals surface area contributed by atoms with Crippen LogP contribution in [0.4, 0.5) is 0 Å². The molecule has 2 fully saturated rings. The van der Waals surface area contributed by atoms with Crippen molar-refractivity contribution in [3.05, 3.63) is 11.1 Å². The number of methoxy groups -OCH3 is 1. The average Bonchev–Trinajstić information content (AvgIpc) is 3.37. The number of hydrogen-bond acceptors (Lipinski definition) is 13. The van der Waals surface area contributed by atoms with Crippen molar-refractivity contribution in [3.8, 4) is 0 Å². The summed E-state index contributed by atoms with van der Waals surface area (Å²) in [5, 5.41) is 32.7. The van der Waals surface area contributed by atoms with E-state index < -0.39 is 66.6 Å². The fourth-order valence-corrected chi connectivity index (χ4v) is 8.02. The first-order valence-electron chi connectivity index (χ1n) is 19.8. The van der Waals surface area contributed by atoms with Gasteiger partial charge in [-0.15, -0.1) is 0 Å². The van der Waals surface area contributed by atoms with Gasteiger partial charge in [0.25, 0.3) is 0 Å². The molecule has 0 unspecified atom stereocenters. The molecule has 3 rings (SSSR count). The van der Waals surface area contributed by atoms with E-state index in [2.05, 4.69) is 25.5 Å². The molecule has 0 aromatic heterocycles. The van der Waals surface area contributed by atoms with Crippen molar-refractivity contribution in [2.24, 2.45) is 35.5 Å². The minimum absolute atomic E-state index is 0.00210. The van der Waals surface area contributed by atoms with Gasteiger partial charge >= 0.3 is 17.9 Å². The van der Waals surface area contributed by atoms with E-state index in [4.69, 9.17) is 18.9 Å². The maximum Gasteiger partial charge on any atom is 0.345 e. The van der Waals surface area contributed by atoms with Gasteiger partial charge in [-0.1, -0.05) is 48.5 Å². The van der Waals surface area contributed by atoms with Gasteiger partial charge in [0.15, 0.2) is 5.79 Å². The van der Waals surface area contributed by atoms with Crippen LogP contribution in [-0.4, -0.2) is 100 Å². The molecule has 2 saturated heterocycles. The fourth-order valence-electron chi connectivity index (χ4n) is 8.02. The maximum atomic E-state index is 13.3. The number of Topliss-reactive ketones (excluding diaryl/α,β-unsaturated/α-hetero) is 2. The van der Waals surface area contributed by atoms with E-state index >= 15 is 0 Å². The van der Waals surface area contributed by atoms with Crippen LogP contribution in [0.1, 0.15) is 127 Å². The number of aliphatic hydroxyl groups excluding tert-OH is 3. The predicted molar refractivity (Wildman–Crippen MR) is 197 cm³/mol. The molecule has 0 amide bonds. The number of ketones is 2. The lowest BCUT2D eigenvalue weighted by Crippen LogP contribution is -2.53. The lowest BCUT2D eigenvalue weighted by atomic mass is 9.79. The minimum atomic E-state index is -1.63. The second kappa shape index (κ2) is 20.0. The molecular formula is C41H66O13. The number of carbonyl (C=O) groups is 5. The Morgan fingerprint density at radius 2 is 1.48 bits per heavy atom. The Morgan fingerprint density at radius 1 is 0.852 bits per heavy atom. The second-order valence-electron chi connectivity index (χ2n) is 16.8. The van der Waals surface area contributed by atoms with Gasteiger partial charge < -0.3 is 39.0 Å². The van der Waals surface area contributed by atoms with Crippen molar-refractivity contribution in [2.45, 2.75) is 175 Å². The molecule has 13 heteroatoms. The number of aliphatic hydroxyl groups is 3. The second-order valence-corrected chi connectivity index (χ2v) is 16.8. The Hall–Kier alpha value is -2.55. The van der Waals surface area contributed by atoms with Crippen LogP contribution < -0.4 is 0 Å². The van der Waals surface area contributed by atoms with Gasteiger partial charge in [-0.25, -0.2) is 9.59 Å². The number of carbonyl (C=O) groups excluding carboxylic acids is 5. The third kappa shape index (κ3) is 11.7. The molecule has 3 heterocycles. The Balaban J connectivity index is 1.54. The summed E-state index contributed by atoms with van der Waals surface area (Å²) in [4.78, 5) is 61.6. The first-order valence-corrected chi connectivity index (χ1v) is 19.8. The summed E-state index contributed by atoms with van der Waals surface area (Å²) in [5.41, 5.74) is -0.403. The summed E-state index contributed by atoms with van der Waals surface area (Å²) in [6, 6.07) is 0. The van der Waals surface area contributed by atoms with Gasteiger partial charge in [0, 0.05) is 43.8 Å². The Labute approximate surface area is 320 Å². The van der Waals surface area contributed by atoms with Gasteiger partial charge in [0.1, 0.15) is 23.8 Å². The van der Waals surface area contributed by atoms with Crippen molar-refractivity contribution in [1.82, 2.24) is 0 Å². The molecule has 308 valence electrons. The van der Waals surface area contributed by atoms with Crippen molar-refractivity contribution >= 4 is 29.5 Å². The van der Waals surface area contributed by atoms with Crippen molar-refractivity contribution in [3.63, 3.8) is 0 Å². The van der Waals surface area contributed by atoms with E-state index in [0.29, 0.717) is 18.8 Å². The molecule has 0 radical (unpaired) electrons. The molecule has 1 spiro atoms. The zero-order valence-corrected chi connectivity index (χ0v) is 34.0. The Morgan fingerprint density at radius 3 is 2.04 bits per heavy atom. The molecular weight excluding hydrogens is 700 g/mol. The van der Waals surface area contributed by atoms with Crippen LogP contribution in [0.25, 0.3) is 0 Å². The number of rotatable bonds is 20. The highest BCUT2D eigenvalue weighted by molar-refractivity contribution is 6.12. The van der Waals surface area contributed by atoms with Crippen LogP contribution in [0.2, 0.25) is 0 Å². The van der Waals surface area contributed by atoms with Crippen LogP contribution >= 0.6 is 0 Å². The van der Waals surface area contributed by atoms with E-state index in [9.17, 15) is 39.3 Å². The molecule has 0 aromatic rings. The number of esters is 3. The molecule has 3 N–H and O–H groups in total. The highest BCUT2D eigenvalue weighted by atomic mass is 16.7. The zero-order chi connectivity index (χ0) is 40.7. The first kappa shape index (κ1) is 45.8. The maximum absolute atomic E-state index is 13.3. The zero-order valence-electron chi connectivity index (χ0n) is 34.0. The van der Waals surface area contributed by atoms with Crippen molar-refractivity contribution in [2.75, 3.05) is 7.11 Å². The lowest BCUT2D eigenvalue weighted by Gasteiger charge is -2.51. The van der Waals surface area contributed by atoms with Crippen molar-refractivity contribution in [1.29, 1.82) is 0 Å². The molecule has 13 atom stereocenters. The molecule has 13 nitrogen and oxygen atoms in total. The normalized spacial score (nSPS) is 29.3. The van der Waals surface area contributed by atoms with E-state index in [1.54, 1.807) is 27.7 Å². The van der Waals surface area contributed by atoms with Gasteiger partial charge in [-0.05, 0) is 76.0 Å². The molecule has 0 saturated carbocycles. The highest BCUT2D eigenvalue weighted by Gasteiger charge is 2.48. The SMILES string of the molecule is CO[C@@H]([C@H](O)CC(=O)[C@@H](C)[C@@H](O)CC[C@@H](C)[C@@H]1O[C@]2(CC[C@@H](C)[C@H](CC[C@H](C)C(C)=O)O2)CC[C@@H]1C)[C@H](OC(=O)C[C@H](O)C1=C(C)C(=O)OC1=O)C(C)C. The summed E-state index contributed by atoms with van der Waals surface area (Å²) in [5.74, 6) is -4.07. The topological polar surface area (TPSA) is 192 Å². The van der Waals surface area contributed by atoms with Gasteiger partial charge in [-0.3, -0.25) is 14.4 Å². The third-order valence-electron chi connectivity index (χ3n) is 12.1.